The number of nitrogens with one attached hydrogen (secondary N) is 1. The van der Waals surface area contributed by atoms with E-state index < -0.39 is 0 Å². The number of amides is 1. The molecule has 3 rings (SSSR count). The fraction of sp³-hybridized carbons (Fsp3) is 0.190. The van der Waals surface area contributed by atoms with E-state index in [1.165, 1.54) is 16.0 Å². The van der Waals surface area contributed by atoms with E-state index in [9.17, 15) is 4.79 Å². The summed E-state index contributed by atoms with van der Waals surface area (Å²) in [5, 5.41) is 7.83. The van der Waals surface area contributed by atoms with Crippen LogP contribution in [0.3, 0.4) is 0 Å². The van der Waals surface area contributed by atoms with Gasteiger partial charge in [0, 0.05) is 17.1 Å². The van der Waals surface area contributed by atoms with Crippen molar-refractivity contribution in [2.45, 2.75) is 19.5 Å². The Balaban J connectivity index is 1.59. The van der Waals surface area contributed by atoms with Crippen molar-refractivity contribution in [1.29, 1.82) is 0 Å². The molecule has 0 fully saturated rings. The Bertz CT molecular complexity index is 829. The lowest BCUT2D eigenvalue weighted by Crippen LogP contribution is -2.87. The number of nitrogens with two attached hydrogens (primary N) is 1. The molecule has 0 aliphatic rings. The number of carbonyl (C=O) groups excluding carboxylic acids is 1. The fourth-order valence-corrected chi connectivity index (χ4v) is 3.73. The summed E-state index contributed by atoms with van der Waals surface area (Å²) >= 11 is 7.60. The second-order valence-electron chi connectivity index (χ2n) is 6.25. The highest BCUT2D eigenvalue weighted by Crippen LogP contribution is 2.22. The van der Waals surface area contributed by atoms with Crippen molar-refractivity contribution in [2.75, 3.05) is 6.54 Å². The number of halogens is 1. The molecule has 134 valence electrons. The van der Waals surface area contributed by atoms with Crippen molar-refractivity contribution in [2.24, 2.45) is 0 Å². The van der Waals surface area contributed by atoms with Crippen LogP contribution in [0.5, 0.6) is 0 Å². The summed E-state index contributed by atoms with van der Waals surface area (Å²) < 4.78 is 0. The average Bonchev–Trinajstić information content (AvgIpc) is 3.17. The molecule has 0 unspecified atom stereocenters. The summed E-state index contributed by atoms with van der Waals surface area (Å²) in [6, 6.07) is 20.3. The highest BCUT2D eigenvalue weighted by Gasteiger charge is 2.19. The molecule has 1 aromatic heterocycles. The Morgan fingerprint density at radius 3 is 2.50 bits per heavy atom. The molecule has 0 aliphatic carbocycles. The second-order valence-corrected chi connectivity index (χ2v) is 7.66. The van der Waals surface area contributed by atoms with Crippen LogP contribution in [-0.4, -0.2) is 12.5 Å². The number of quaternary nitrogens is 1. The molecule has 1 heterocycles. The van der Waals surface area contributed by atoms with Gasteiger partial charge in [-0.2, -0.15) is 0 Å². The number of carbonyl (C=O) groups is 1. The topological polar surface area (TPSA) is 45.7 Å². The van der Waals surface area contributed by atoms with Crippen LogP contribution < -0.4 is 10.6 Å². The van der Waals surface area contributed by atoms with Crippen molar-refractivity contribution in [1.82, 2.24) is 5.32 Å². The van der Waals surface area contributed by atoms with Gasteiger partial charge in [-0.1, -0.05) is 59.6 Å². The number of rotatable bonds is 7. The minimum absolute atomic E-state index is 0.0219. The molecule has 0 bridgehead atoms. The van der Waals surface area contributed by atoms with Crippen LogP contribution in [-0.2, 0) is 11.3 Å². The van der Waals surface area contributed by atoms with Crippen LogP contribution in [0.1, 0.15) is 27.6 Å². The lowest BCUT2D eigenvalue weighted by molar-refractivity contribution is -0.676. The van der Waals surface area contributed by atoms with Crippen molar-refractivity contribution in [3.63, 3.8) is 0 Å². The maximum atomic E-state index is 12.3. The van der Waals surface area contributed by atoms with Gasteiger partial charge in [0.2, 0.25) is 0 Å². The monoisotopic (exact) mass is 385 g/mol. The first-order valence-corrected chi connectivity index (χ1v) is 9.82. The molecular weight excluding hydrogens is 364 g/mol. The van der Waals surface area contributed by atoms with Crippen LogP contribution in [0.2, 0.25) is 5.02 Å². The highest BCUT2D eigenvalue weighted by atomic mass is 35.5. The quantitative estimate of drug-likeness (QED) is 0.640. The van der Waals surface area contributed by atoms with E-state index >= 15 is 0 Å². The maximum absolute atomic E-state index is 12.3. The van der Waals surface area contributed by atoms with E-state index in [1.807, 2.05) is 24.3 Å². The van der Waals surface area contributed by atoms with Gasteiger partial charge < -0.3 is 10.6 Å². The largest absolute Gasteiger partial charge is 0.347 e. The van der Waals surface area contributed by atoms with E-state index in [0.717, 1.165) is 5.56 Å². The molecular formula is C21H22ClN2OS+. The van der Waals surface area contributed by atoms with Crippen LogP contribution in [0, 0.1) is 6.92 Å². The number of thiophene rings is 1. The van der Waals surface area contributed by atoms with E-state index in [1.54, 1.807) is 11.3 Å². The zero-order chi connectivity index (χ0) is 18.4. The molecule has 26 heavy (non-hydrogen) atoms. The number of hydrogen-bond acceptors (Lipinski definition) is 2. The average molecular weight is 386 g/mol. The Kier molecular flexibility index (Phi) is 6.45. The molecule has 5 heteroatoms. The van der Waals surface area contributed by atoms with E-state index in [0.29, 0.717) is 18.1 Å². The first-order chi connectivity index (χ1) is 12.6. The summed E-state index contributed by atoms with van der Waals surface area (Å²) in [6.07, 6.45) is 0. The molecule has 0 spiro atoms. The maximum Gasteiger partial charge on any atom is 0.275 e. The summed E-state index contributed by atoms with van der Waals surface area (Å²) in [4.78, 5) is 13.5. The molecule has 1 atom stereocenters. The minimum Gasteiger partial charge on any atom is -0.347 e. The van der Waals surface area contributed by atoms with Gasteiger partial charge in [-0.15, -0.1) is 11.3 Å². The van der Waals surface area contributed by atoms with Gasteiger partial charge in [0.15, 0.2) is 6.54 Å². The summed E-state index contributed by atoms with van der Waals surface area (Å²) in [5.74, 6) is 0.0219. The fourth-order valence-electron chi connectivity index (χ4n) is 2.76. The van der Waals surface area contributed by atoms with Crippen LogP contribution in [0.25, 0.3) is 0 Å². The Morgan fingerprint density at radius 2 is 1.85 bits per heavy atom. The molecule has 3 N–H and O–H groups in total. The zero-order valence-corrected chi connectivity index (χ0v) is 16.2. The normalized spacial score (nSPS) is 11.9. The summed E-state index contributed by atoms with van der Waals surface area (Å²) in [7, 11) is 0. The molecule has 0 saturated carbocycles. The van der Waals surface area contributed by atoms with E-state index in [4.69, 9.17) is 11.6 Å². The van der Waals surface area contributed by atoms with Gasteiger partial charge in [0.05, 0.1) is 4.88 Å². The van der Waals surface area contributed by atoms with E-state index in [-0.39, 0.29) is 11.9 Å². The van der Waals surface area contributed by atoms with Crippen molar-refractivity contribution in [3.8, 4) is 0 Å². The Hall–Kier alpha value is -2.14. The third kappa shape index (κ3) is 5.18. The van der Waals surface area contributed by atoms with Gasteiger partial charge in [-0.25, -0.2) is 0 Å². The highest BCUT2D eigenvalue weighted by molar-refractivity contribution is 7.10. The predicted octanol–water partition coefficient (Wildman–Crippen LogP) is 3.68. The number of aryl methyl sites for hydroxylation is 1. The van der Waals surface area contributed by atoms with Crippen LogP contribution in [0.15, 0.2) is 66.0 Å². The van der Waals surface area contributed by atoms with Crippen molar-refractivity contribution < 1.29 is 10.1 Å². The van der Waals surface area contributed by atoms with Crippen LogP contribution in [0.4, 0.5) is 0 Å². The van der Waals surface area contributed by atoms with Gasteiger partial charge >= 0.3 is 0 Å². The molecule has 2 aromatic carbocycles. The first-order valence-electron chi connectivity index (χ1n) is 8.56. The molecule has 1 amide bonds. The first kappa shape index (κ1) is 18.6. The van der Waals surface area contributed by atoms with Crippen molar-refractivity contribution >= 4 is 28.8 Å². The molecule has 0 saturated heterocycles. The van der Waals surface area contributed by atoms with Crippen molar-refractivity contribution in [3.05, 3.63) is 92.6 Å². The minimum atomic E-state index is 0.0219. The lowest BCUT2D eigenvalue weighted by Gasteiger charge is -2.15. The van der Waals surface area contributed by atoms with Gasteiger partial charge in [-0.3, -0.25) is 4.79 Å². The zero-order valence-electron chi connectivity index (χ0n) is 14.6. The SMILES string of the molecule is Cc1ccc([C@H]([NH2+]CC(=O)NCc2ccc(Cl)cc2)c2cccs2)cc1. The summed E-state index contributed by atoms with van der Waals surface area (Å²) in [5.41, 5.74) is 3.49. The predicted molar refractivity (Wildman–Crippen MR) is 107 cm³/mol. The van der Waals surface area contributed by atoms with Gasteiger partial charge in [-0.05, 0) is 36.1 Å². The molecule has 3 aromatic rings. The number of benzene rings is 2. The van der Waals surface area contributed by atoms with Gasteiger partial charge in [0.1, 0.15) is 6.04 Å². The second kappa shape index (κ2) is 8.99. The Morgan fingerprint density at radius 1 is 1.12 bits per heavy atom. The molecule has 0 aliphatic heterocycles. The third-order valence-corrected chi connectivity index (χ3v) is 5.44. The van der Waals surface area contributed by atoms with Crippen LogP contribution >= 0.6 is 22.9 Å². The molecule has 0 radical (unpaired) electrons. The Labute approximate surface area is 163 Å². The van der Waals surface area contributed by atoms with E-state index in [2.05, 4.69) is 59.3 Å². The summed E-state index contributed by atoms with van der Waals surface area (Å²) in [6.45, 7) is 2.97. The smallest absolute Gasteiger partial charge is 0.275 e. The lowest BCUT2D eigenvalue weighted by atomic mass is 10.0. The molecule has 3 nitrogen and oxygen atoms in total. The number of hydrogen-bond donors (Lipinski definition) is 2. The standard InChI is InChI=1S/C21H21ClN2OS/c1-15-4-8-17(9-5-15)21(19-3-2-12-26-19)24-14-20(25)23-13-16-6-10-18(22)11-7-16/h2-12,21,24H,13-14H2,1H3,(H,23,25)/p+1/t21-/m0/s1. The van der Waals surface area contributed by atoms with Gasteiger partial charge in [0.25, 0.3) is 5.91 Å². The third-order valence-electron chi connectivity index (χ3n) is 4.23.